The number of aliphatic hydroxyl groups is 1. The molecule has 6 heteroatoms. The molecule has 1 fully saturated rings. The summed E-state index contributed by atoms with van der Waals surface area (Å²) in [6, 6.07) is 0.115. The summed E-state index contributed by atoms with van der Waals surface area (Å²) in [5.41, 5.74) is 0. The van der Waals surface area contributed by atoms with E-state index in [0.717, 1.165) is 12.8 Å². The second-order valence-corrected chi connectivity index (χ2v) is 5.62. The molecule has 0 saturated heterocycles. The summed E-state index contributed by atoms with van der Waals surface area (Å²) >= 11 is 0. The molecule has 0 aromatic heterocycles. The average Bonchev–Trinajstić information content (AvgIpc) is 2.97. The lowest BCUT2D eigenvalue weighted by atomic mass is 10.6. The number of sulfonamides is 1. The Morgan fingerprint density at radius 3 is 2.60 bits per heavy atom. The third-order valence-electron chi connectivity index (χ3n) is 2.32. The molecule has 1 aliphatic carbocycles. The smallest absolute Gasteiger partial charge is 0.216 e. The number of hydrogen-bond acceptors (Lipinski definition) is 4. The minimum atomic E-state index is -3.25. The lowest BCUT2D eigenvalue weighted by Gasteiger charge is -2.20. The van der Waals surface area contributed by atoms with Crippen molar-refractivity contribution in [3.05, 3.63) is 0 Å². The summed E-state index contributed by atoms with van der Waals surface area (Å²) in [5.74, 6) is 0.0112. The van der Waals surface area contributed by atoms with E-state index in [2.05, 4.69) is 0 Å². The molecule has 0 heterocycles. The van der Waals surface area contributed by atoms with E-state index in [1.165, 1.54) is 4.31 Å². The number of rotatable bonds is 8. The maximum Gasteiger partial charge on any atom is 0.216 e. The van der Waals surface area contributed by atoms with Gasteiger partial charge in [0, 0.05) is 19.2 Å². The number of hydrogen-bond donors (Lipinski definition) is 1. The standard InChI is InChI=1S/C9H19NO4S/c1-2-14-7-8-15(12,13)10(5-6-11)9-3-4-9/h9,11H,2-8H2,1H3. The molecular formula is C9H19NO4S. The molecule has 0 bridgehead atoms. The summed E-state index contributed by atoms with van der Waals surface area (Å²) in [5, 5.41) is 8.81. The molecular weight excluding hydrogens is 218 g/mol. The fourth-order valence-electron chi connectivity index (χ4n) is 1.44. The molecule has 0 spiro atoms. The normalized spacial score (nSPS) is 17.3. The Bertz CT molecular complexity index is 274. The predicted molar refractivity (Wildman–Crippen MR) is 57.1 cm³/mol. The van der Waals surface area contributed by atoms with Crippen molar-refractivity contribution in [1.82, 2.24) is 4.31 Å². The summed E-state index contributed by atoms with van der Waals surface area (Å²) in [6.07, 6.45) is 1.82. The fourth-order valence-corrected chi connectivity index (χ4v) is 3.02. The zero-order valence-electron chi connectivity index (χ0n) is 9.05. The highest BCUT2D eigenvalue weighted by Gasteiger charge is 2.36. The molecule has 1 saturated carbocycles. The highest BCUT2D eigenvalue weighted by molar-refractivity contribution is 7.89. The van der Waals surface area contributed by atoms with E-state index in [4.69, 9.17) is 9.84 Å². The van der Waals surface area contributed by atoms with Gasteiger partial charge in [0.2, 0.25) is 10.0 Å². The fraction of sp³-hybridized carbons (Fsp3) is 1.00. The zero-order valence-corrected chi connectivity index (χ0v) is 9.87. The van der Waals surface area contributed by atoms with E-state index < -0.39 is 10.0 Å². The molecule has 0 aromatic carbocycles. The van der Waals surface area contributed by atoms with Crippen LogP contribution in [0.5, 0.6) is 0 Å². The summed E-state index contributed by atoms with van der Waals surface area (Å²) < 4.78 is 30.1. The molecule has 90 valence electrons. The topological polar surface area (TPSA) is 66.8 Å². The molecule has 1 N–H and O–H groups in total. The van der Waals surface area contributed by atoms with Crippen LogP contribution >= 0.6 is 0 Å². The zero-order chi connectivity index (χ0) is 11.3. The largest absolute Gasteiger partial charge is 0.395 e. The first kappa shape index (κ1) is 12.9. The molecule has 0 aliphatic heterocycles. The van der Waals surface area contributed by atoms with Crippen molar-refractivity contribution in [1.29, 1.82) is 0 Å². The van der Waals surface area contributed by atoms with Crippen LogP contribution in [0, 0.1) is 0 Å². The van der Waals surface area contributed by atoms with Crippen LogP contribution in [0.2, 0.25) is 0 Å². The first-order valence-corrected chi connectivity index (χ1v) is 6.91. The molecule has 0 amide bonds. The Kier molecular flexibility index (Phi) is 4.98. The minimum absolute atomic E-state index is 0.0112. The molecule has 0 atom stereocenters. The van der Waals surface area contributed by atoms with Crippen molar-refractivity contribution < 1.29 is 18.3 Å². The Balaban J connectivity index is 2.48. The van der Waals surface area contributed by atoms with Crippen LogP contribution < -0.4 is 0 Å². The second kappa shape index (κ2) is 5.79. The van der Waals surface area contributed by atoms with Gasteiger partial charge < -0.3 is 9.84 Å². The maximum absolute atomic E-state index is 11.8. The predicted octanol–water partition coefficient (Wildman–Crippen LogP) is -0.191. The molecule has 0 unspecified atom stereocenters. The molecule has 0 radical (unpaired) electrons. The van der Waals surface area contributed by atoms with Crippen LogP contribution in [-0.2, 0) is 14.8 Å². The lowest BCUT2D eigenvalue weighted by Crippen LogP contribution is -2.38. The number of ether oxygens (including phenoxy) is 1. The van der Waals surface area contributed by atoms with Crippen molar-refractivity contribution >= 4 is 10.0 Å². The maximum atomic E-state index is 11.8. The van der Waals surface area contributed by atoms with Crippen LogP contribution in [0.3, 0.4) is 0 Å². The highest BCUT2D eigenvalue weighted by atomic mass is 32.2. The van der Waals surface area contributed by atoms with Crippen molar-refractivity contribution in [3.8, 4) is 0 Å². The Morgan fingerprint density at radius 1 is 1.47 bits per heavy atom. The lowest BCUT2D eigenvalue weighted by molar-refractivity contribution is 0.162. The van der Waals surface area contributed by atoms with Crippen molar-refractivity contribution in [3.63, 3.8) is 0 Å². The Hall–Kier alpha value is -0.170. The van der Waals surface area contributed by atoms with Gasteiger partial charge in [-0.1, -0.05) is 0 Å². The van der Waals surface area contributed by atoms with E-state index in [0.29, 0.717) is 6.61 Å². The van der Waals surface area contributed by atoms with Crippen LogP contribution in [0.15, 0.2) is 0 Å². The van der Waals surface area contributed by atoms with E-state index in [1.807, 2.05) is 6.92 Å². The Morgan fingerprint density at radius 2 is 2.13 bits per heavy atom. The second-order valence-electron chi connectivity index (χ2n) is 3.58. The van der Waals surface area contributed by atoms with Gasteiger partial charge in [-0.05, 0) is 19.8 Å². The van der Waals surface area contributed by atoms with Crippen LogP contribution in [0.4, 0.5) is 0 Å². The first-order valence-electron chi connectivity index (χ1n) is 5.30. The van der Waals surface area contributed by atoms with E-state index in [-0.39, 0.29) is 31.6 Å². The highest BCUT2D eigenvalue weighted by Crippen LogP contribution is 2.28. The molecule has 15 heavy (non-hydrogen) atoms. The van der Waals surface area contributed by atoms with Crippen molar-refractivity contribution in [2.75, 3.05) is 32.1 Å². The summed E-state index contributed by atoms with van der Waals surface area (Å²) in [7, 11) is -3.25. The Labute approximate surface area is 91.1 Å². The quantitative estimate of drug-likeness (QED) is 0.594. The number of nitrogens with zero attached hydrogens (tertiary/aromatic N) is 1. The van der Waals surface area contributed by atoms with Crippen LogP contribution in [0.25, 0.3) is 0 Å². The van der Waals surface area contributed by atoms with Gasteiger partial charge in [-0.3, -0.25) is 0 Å². The average molecular weight is 237 g/mol. The van der Waals surface area contributed by atoms with E-state index in [1.54, 1.807) is 0 Å². The van der Waals surface area contributed by atoms with Gasteiger partial charge in [0.1, 0.15) is 0 Å². The summed E-state index contributed by atoms with van der Waals surface area (Å²) in [4.78, 5) is 0. The van der Waals surface area contributed by atoms with Gasteiger partial charge in [-0.25, -0.2) is 8.42 Å². The van der Waals surface area contributed by atoms with Gasteiger partial charge >= 0.3 is 0 Å². The van der Waals surface area contributed by atoms with E-state index >= 15 is 0 Å². The van der Waals surface area contributed by atoms with Gasteiger partial charge in [0.25, 0.3) is 0 Å². The monoisotopic (exact) mass is 237 g/mol. The van der Waals surface area contributed by atoms with Crippen molar-refractivity contribution in [2.24, 2.45) is 0 Å². The third kappa shape index (κ3) is 4.06. The van der Waals surface area contributed by atoms with Crippen LogP contribution in [0.1, 0.15) is 19.8 Å². The molecule has 0 aromatic rings. The molecule has 1 aliphatic rings. The SMILES string of the molecule is CCOCCS(=O)(=O)N(CCO)C1CC1. The third-order valence-corrected chi connectivity index (χ3v) is 4.20. The van der Waals surface area contributed by atoms with Gasteiger partial charge in [-0.2, -0.15) is 4.31 Å². The van der Waals surface area contributed by atoms with Gasteiger partial charge in [-0.15, -0.1) is 0 Å². The first-order chi connectivity index (χ1) is 7.11. The van der Waals surface area contributed by atoms with E-state index in [9.17, 15) is 8.42 Å². The van der Waals surface area contributed by atoms with Gasteiger partial charge in [0.15, 0.2) is 0 Å². The summed E-state index contributed by atoms with van der Waals surface area (Å²) in [6.45, 7) is 2.68. The van der Waals surface area contributed by atoms with Crippen LogP contribution in [-0.4, -0.2) is 56.0 Å². The minimum Gasteiger partial charge on any atom is -0.395 e. The van der Waals surface area contributed by atoms with Crippen molar-refractivity contribution in [2.45, 2.75) is 25.8 Å². The molecule has 1 rings (SSSR count). The van der Waals surface area contributed by atoms with Gasteiger partial charge in [0.05, 0.1) is 19.0 Å². The number of aliphatic hydroxyl groups excluding tert-OH is 1. The molecule has 5 nitrogen and oxygen atoms in total.